The average molecular weight is 328 g/mol. The number of carbonyl (C=O) groups excluding carboxylic acids is 1. The number of hydrogen-bond donors (Lipinski definition) is 2. The summed E-state index contributed by atoms with van der Waals surface area (Å²) < 4.78 is 0. The van der Waals surface area contributed by atoms with Crippen LogP contribution in [0.3, 0.4) is 0 Å². The lowest BCUT2D eigenvalue weighted by molar-refractivity contribution is 0.212. The Hall–Kier alpha value is -2.18. The Bertz CT molecular complexity index is 672. The van der Waals surface area contributed by atoms with E-state index in [1.165, 1.54) is 4.90 Å². The van der Waals surface area contributed by atoms with E-state index in [-0.39, 0.29) is 12.1 Å². The SMILES string of the molecule is C=C(C#N)CCNC(=O)N1C(=N)CCC1c1c(C)cccc1P. The fourth-order valence-electron chi connectivity index (χ4n) is 2.87. The van der Waals surface area contributed by atoms with Crippen LogP contribution in [0, 0.1) is 23.7 Å². The molecule has 2 rings (SSSR count). The van der Waals surface area contributed by atoms with Gasteiger partial charge in [-0.25, -0.2) is 4.79 Å². The van der Waals surface area contributed by atoms with E-state index >= 15 is 0 Å². The number of nitrogens with one attached hydrogen (secondary N) is 2. The lowest BCUT2D eigenvalue weighted by Crippen LogP contribution is -2.43. The highest BCUT2D eigenvalue weighted by Gasteiger charge is 2.35. The van der Waals surface area contributed by atoms with Crippen molar-refractivity contribution < 1.29 is 4.79 Å². The van der Waals surface area contributed by atoms with Gasteiger partial charge in [-0.3, -0.25) is 10.3 Å². The molecule has 0 aliphatic carbocycles. The molecule has 0 spiro atoms. The minimum absolute atomic E-state index is 0.115. The Balaban J connectivity index is 2.15. The van der Waals surface area contributed by atoms with E-state index in [1.807, 2.05) is 31.2 Å². The number of carbonyl (C=O) groups is 1. The molecule has 1 fully saturated rings. The second-order valence-corrected chi connectivity index (χ2v) is 6.27. The normalized spacial score (nSPS) is 17.0. The summed E-state index contributed by atoms with van der Waals surface area (Å²) in [6.45, 7) is 5.97. The van der Waals surface area contributed by atoms with Crippen molar-refractivity contribution in [3.63, 3.8) is 0 Å². The van der Waals surface area contributed by atoms with Gasteiger partial charge in [0.05, 0.1) is 12.1 Å². The lowest BCUT2D eigenvalue weighted by atomic mass is 9.99. The van der Waals surface area contributed by atoms with E-state index in [2.05, 4.69) is 21.1 Å². The number of nitriles is 1. The highest BCUT2D eigenvalue weighted by molar-refractivity contribution is 7.27. The third-order valence-electron chi connectivity index (χ3n) is 4.03. The molecule has 2 N–H and O–H groups in total. The zero-order valence-electron chi connectivity index (χ0n) is 13.2. The van der Waals surface area contributed by atoms with Gasteiger partial charge in [-0.1, -0.05) is 24.8 Å². The van der Waals surface area contributed by atoms with Gasteiger partial charge in [0.25, 0.3) is 0 Å². The number of urea groups is 1. The van der Waals surface area contributed by atoms with Crippen molar-refractivity contribution in [3.8, 4) is 6.07 Å². The first kappa shape index (κ1) is 17.2. The summed E-state index contributed by atoms with van der Waals surface area (Å²) in [7, 11) is 2.71. The third-order valence-corrected chi connectivity index (χ3v) is 4.53. The Labute approximate surface area is 139 Å². The molecule has 2 amide bonds. The van der Waals surface area contributed by atoms with E-state index in [0.29, 0.717) is 30.8 Å². The van der Waals surface area contributed by atoms with Crippen LogP contribution in [0.5, 0.6) is 0 Å². The van der Waals surface area contributed by atoms with Crippen LogP contribution in [0.25, 0.3) is 0 Å². The zero-order valence-corrected chi connectivity index (χ0v) is 14.4. The number of amides is 2. The molecule has 0 saturated carbocycles. The summed E-state index contributed by atoms with van der Waals surface area (Å²) in [6.07, 6.45) is 1.76. The van der Waals surface area contributed by atoms with Crippen molar-refractivity contribution in [1.29, 1.82) is 10.7 Å². The van der Waals surface area contributed by atoms with E-state index in [4.69, 9.17) is 10.7 Å². The molecule has 6 heteroatoms. The smallest absolute Gasteiger partial charge is 0.323 e. The van der Waals surface area contributed by atoms with Crippen LogP contribution in [0.2, 0.25) is 0 Å². The summed E-state index contributed by atoms with van der Waals surface area (Å²) in [6, 6.07) is 7.58. The predicted octanol–water partition coefficient (Wildman–Crippen LogP) is 2.79. The van der Waals surface area contributed by atoms with Gasteiger partial charge in [0.1, 0.15) is 5.84 Å². The van der Waals surface area contributed by atoms with Crippen LogP contribution in [0.4, 0.5) is 4.79 Å². The van der Waals surface area contributed by atoms with Gasteiger partial charge in [-0.2, -0.15) is 5.26 Å². The molecule has 120 valence electrons. The van der Waals surface area contributed by atoms with E-state index in [9.17, 15) is 4.79 Å². The predicted molar refractivity (Wildman–Crippen MR) is 94.8 cm³/mol. The molecule has 0 aromatic heterocycles. The van der Waals surface area contributed by atoms with Crippen molar-refractivity contribution in [2.45, 2.75) is 32.2 Å². The maximum atomic E-state index is 12.5. The maximum absolute atomic E-state index is 12.5. The molecule has 1 aliphatic rings. The number of amidine groups is 1. The molecule has 1 heterocycles. The number of rotatable bonds is 4. The molecule has 2 atom stereocenters. The van der Waals surface area contributed by atoms with Crippen LogP contribution in [-0.4, -0.2) is 23.3 Å². The molecule has 2 unspecified atom stereocenters. The minimum Gasteiger partial charge on any atom is -0.337 e. The van der Waals surface area contributed by atoms with Gasteiger partial charge in [0.2, 0.25) is 0 Å². The molecule has 23 heavy (non-hydrogen) atoms. The molecule has 1 aliphatic heterocycles. The molecule has 1 aromatic carbocycles. The van der Waals surface area contributed by atoms with Crippen LogP contribution in [-0.2, 0) is 0 Å². The highest BCUT2D eigenvalue weighted by Crippen LogP contribution is 2.34. The first-order valence-corrected chi connectivity index (χ1v) is 8.10. The van der Waals surface area contributed by atoms with Crippen molar-refractivity contribution >= 4 is 26.4 Å². The van der Waals surface area contributed by atoms with Crippen molar-refractivity contribution in [3.05, 3.63) is 41.5 Å². The number of likely N-dealkylation sites (tertiary alicyclic amines) is 1. The van der Waals surface area contributed by atoms with Crippen LogP contribution < -0.4 is 10.6 Å². The Kier molecular flexibility index (Phi) is 5.52. The lowest BCUT2D eigenvalue weighted by Gasteiger charge is -2.27. The molecule has 0 bridgehead atoms. The van der Waals surface area contributed by atoms with E-state index in [0.717, 1.165) is 22.9 Å². The first-order chi connectivity index (χ1) is 11.0. The van der Waals surface area contributed by atoms with Crippen LogP contribution in [0.15, 0.2) is 30.4 Å². The van der Waals surface area contributed by atoms with Gasteiger partial charge in [0.15, 0.2) is 0 Å². The van der Waals surface area contributed by atoms with Crippen molar-refractivity contribution in [1.82, 2.24) is 10.2 Å². The second-order valence-electron chi connectivity index (χ2n) is 5.65. The average Bonchev–Trinajstić information content (AvgIpc) is 2.88. The Morgan fingerprint density at radius 1 is 1.61 bits per heavy atom. The third kappa shape index (κ3) is 3.78. The van der Waals surface area contributed by atoms with E-state index < -0.39 is 0 Å². The quantitative estimate of drug-likeness (QED) is 0.658. The van der Waals surface area contributed by atoms with Gasteiger partial charge in [-0.05, 0) is 36.2 Å². The summed E-state index contributed by atoms with van der Waals surface area (Å²) >= 11 is 0. The number of nitrogens with zero attached hydrogens (tertiary/aromatic N) is 2. The van der Waals surface area contributed by atoms with Gasteiger partial charge in [-0.15, -0.1) is 9.24 Å². The Morgan fingerprint density at radius 3 is 3.00 bits per heavy atom. The fourth-order valence-corrected chi connectivity index (χ4v) is 3.40. The maximum Gasteiger partial charge on any atom is 0.323 e. The molecule has 1 aromatic rings. The highest BCUT2D eigenvalue weighted by atomic mass is 31.0. The van der Waals surface area contributed by atoms with Crippen LogP contribution in [0.1, 0.15) is 36.4 Å². The summed E-state index contributed by atoms with van der Waals surface area (Å²) in [4.78, 5) is 14.0. The Morgan fingerprint density at radius 2 is 2.35 bits per heavy atom. The number of aryl methyl sites for hydroxylation is 1. The van der Waals surface area contributed by atoms with Gasteiger partial charge < -0.3 is 5.32 Å². The molecule has 1 saturated heterocycles. The summed E-state index contributed by atoms with van der Waals surface area (Å²) in [5.41, 5.74) is 2.65. The monoisotopic (exact) mass is 328 g/mol. The number of hydrogen-bond acceptors (Lipinski definition) is 3. The topological polar surface area (TPSA) is 80.0 Å². The van der Waals surface area contributed by atoms with Gasteiger partial charge >= 0.3 is 6.03 Å². The summed E-state index contributed by atoms with van der Waals surface area (Å²) in [5.74, 6) is 0.333. The minimum atomic E-state index is -0.282. The molecular formula is C17H21N4OP. The molecular weight excluding hydrogens is 307 g/mol. The van der Waals surface area contributed by atoms with E-state index in [1.54, 1.807) is 0 Å². The summed E-state index contributed by atoms with van der Waals surface area (Å²) in [5, 5.41) is 20.6. The zero-order chi connectivity index (χ0) is 17.0. The van der Waals surface area contributed by atoms with Crippen molar-refractivity contribution in [2.24, 2.45) is 0 Å². The molecule has 0 radical (unpaired) electrons. The number of benzene rings is 1. The van der Waals surface area contributed by atoms with Crippen LogP contribution >= 0.6 is 9.24 Å². The largest absolute Gasteiger partial charge is 0.337 e. The van der Waals surface area contributed by atoms with Crippen molar-refractivity contribution in [2.75, 3.05) is 6.54 Å². The molecule has 5 nitrogen and oxygen atoms in total. The van der Waals surface area contributed by atoms with Gasteiger partial charge in [0, 0.05) is 18.5 Å². The fraction of sp³-hybridized carbons (Fsp3) is 0.353. The first-order valence-electron chi connectivity index (χ1n) is 7.53. The second kappa shape index (κ2) is 7.39. The standard InChI is InChI=1S/C17H21N4OP/c1-11(10-18)8-9-20-17(22)21-13(6-7-15(21)19)16-12(2)4-3-5-14(16)23/h3-5,13,19H,1,6-9,23H2,2H3,(H,20,22).